The van der Waals surface area contributed by atoms with E-state index in [1.807, 2.05) is 6.92 Å². The smallest absolute Gasteiger partial charge is 0.268 e. The number of hydrogen-bond acceptors (Lipinski definition) is 3. The summed E-state index contributed by atoms with van der Waals surface area (Å²) in [4.78, 5) is 14.4. The quantitative estimate of drug-likeness (QED) is 0.875. The number of ether oxygens (including phenoxy) is 1. The van der Waals surface area contributed by atoms with Gasteiger partial charge >= 0.3 is 0 Å². The molecule has 0 saturated carbocycles. The van der Waals surface area contributed by atoms with Crippen LogP contribution in [0.1, 0.15) is 12.5 Å². The van der Waals surface area contributed by atoms with Gasteiger partial charge in [-0.1, -0.05) is 24.3 Å². The maximum atomic E-state index is 13.4. The number of benzene rings is 2. The lowest BCUT2D eigenvalue weighted by molar-refractivity contribution is -0.126. The predicted molar refractivity (Wildman–Crippen MR) is 89.8 cm³/mol. The summed E-state index contributed by atoms with van der Waals surface area (Å²) in [6.07, 6.45) is -0.529. The van der Waals surface area contributed by atoms with Crippen molar-refractivity contribution in [2.24, 2.45) is 0 Å². The van der Waals surface area contributed by atoms with E-state index in [2.05, 4.69) is 6.58 Å². The topological polar surface area (TPSA) is 49.8 Å². The Balaban J connectivity index is 1.94. The van der Waals surface area contributed by atoms with Crippen LogP contribution in [0, 0.1) is 5.82 Å². The number of halogens is 1. The third-order valence-electron chi connectivity index (χ3n) is 3.78. The Bertz CT molecular complexity index is 803. The molecule has 0 bridgehead atoms. The lowest BCUT2D eigenvalue weighted by Crippen LogP contribution is -2.47. The fourth-order valence-corrected chi connectivity index (χ4v) is 2.76. The van der Waals surface area contributed by atoms with Gasteiger partial charge in [0.1, 0.15) is 17.3 Å². The van der Waals surface area contributed by atoms with Gasteiger partial charge in [-0.3, -0.25) is 4.79 Å². The molecule has 124 valence electrons. The number of phenolic OH excluding ortho intramolecular Hbond substituents is 1. The van der Waals surface area contributed by atoms with Gasteiger partial charge in [-0.15, -0.1) is 0 Å². The highest BCUT2D eigenvalue weighted by atomic mass is 19.1. The van der Waals surface area contributed by atoms with Gasteiger partial charge in [-0.05, 0) is 36.8 Å². The second kappa shape index (κ2) is 6.35. The molecule has 0 aliphatic carbocycles. The van der Waals surface area contributed by atoms with E-state index in [0.717, 1.165) is 5.57 Å². The van der Waals surface area contributed by atoms with Crippen LogP contribution in [0.4, 0.5) is 10.1 Å². The SMILES string of the molecule is C=C(C)CN1C(=O)C(Cc2cccc(F)c2)Oc2cc(O)ccc21. The van der Waals surface area contributed by atoms with E-state index in [4.69, 9.17) is 4.74 Å². The molecule has 4 nitrogen and oxygen atoms in total. The molecule has 1 N–H and O–H groups in total. The third-order valence-corrected chi connectivity index (χ3v) is 3.78. The number of rotatable bonds is 4. The summed E-state index contributed by atoms with van der Waals surface area (Å²) in [5, 5.41) is 9.68. The minimum Gasteiger partial charge on any atom is -0.508 e. The number of carbonyl (C=O) groups excluding carboxylic acids is 1. The van der Waals surface area contributed by atoms with Crippen molar-refractivity contribution in [3.63, 3.8) is 0 Å². The van der Waals surface area contributed by atoms with Gasteiger partial charge in [-0.2, -0.15) is 0 Å². The molecule has 0 saturated heterocycles. The van der Waals surface area contributed by atoms with E-state index < -0.39 is 6.10 Å². The van der Waals surface area contributed by atoms with Gasteiger partial charge in [0.2, 0.25) is 0 Å². The van der Waals surface area contributed by atoms with Crippen molar-refractivity contribution in [3.8, 4) is 11.5 Å². The zero-order chi connectivity index (χ0) is 17.3. The second-order valence-corrected chi connectivity index (χ2v) is 5.97. The van der Waals surface area contributed by atoms with E-state index in [1.165, 1.54) is 24.3 Å². The molecule has 2 aromatic rings. The van der Waals surface area contributed by atoms with Crippen molar-refractivity contribution in [2.45, 2.75) is 19.4 Å². The molecule has 2 aromatic carbocycles. The van der Waals surface area contributed by atoms with Crippen molar-refractivity contribution < 1.29 is 19.0 Å². The van der Waals surface area contributed by atoms with Gasteiger partial charge in [-0.25, -0.2) is 4.39 Å². The van der Waals surface area contributed by atoms with E-state index in [0.29, 0.717) is 23.5 Å². The first-order chi connectivity index (χ1) is 11.4. The van der Waals surface area contributed by atoms with Crippen LogP contribution in [-0.4, -0.2) is 23.7 Å². The van der Waals surface area contributed by atoms with Gasteiger partial charge in [0.15, 0.2) is 6.10 Å². The van der Waals surface area contributed by atoms with Gasteiger partial charge in [0, 0.05) is 19.0 Å². The predicted octanol–water partition coefficient (Wildman–Crippen LogP) is 3.44. The van der Waals surface area contributed by atoms with Crippen LogP contribution >= 0.6 is 0 Å². The molecule has 1 aliphatic heterocycles. The number of anilines is 1. The van der Waals surface area contributed by atoms with Crippen LogP contribution in [0.5, 0.6) is 11.5 Å². The highest BCUT2D eigenvalue weighted by molar-refractivity contribution is 6.00. The van der Waals surface area contributed by atoms with Crippen molar-refractivity contribution in [1.29, 1.82) is 0 Å². The number of nitrogens with zero attached hydrogens (tertiary/aromatic N) is 1. The Kier molecular flexibility index (Phi) is 4.25. The molecule has 1 atom stereocenters. The fourth-order valence-electron chi connectivity index (χ4n) is 2.76. The van der Waals surface area contributed by atoms with Crippen LogP contribution in [0.2, 0.25) is 0 Å². The molecule has 0 aromatic heterocycles. The highest BCUT2D eigenvalue weighted by Gasteiger charge is 2.34. The zero-order valence-electron chi connectivity index (χ0n) is 13.3. The summed E-state index contributed by atoms with van der Waals surface area (Å²) in [5.41, 5.74) is 2.09. The van der Waals surface area contributed by atoms with Gasteiger partial charge in [0.25, 0.3) is 5.91 Å². The lowest BCUT2D eigenvalue weighted by atomic mass is 10.0. The Morgan fingerprint density at radius 1 is 1.33 bits per heavy atom. The Labute approximate surface area is 139 Å². The average Bonchev–Trinajstić information content (AvgIpc) is 2.51. The van der Waals surface area contributed by atoms with E-state index in [1.54, 1.807) is 23.1 Å². The van der Waals surface area contributed by atoms with Crippen LogP contribution < -0.4 is 9.64 Å². The molecule has 1 unspecified atom stereocenters. The average molecular weight is 327 g/mol. The Hall–Kier alpha value is -2.82. The van der Waals surface area contributed by atoms with Crippen LogP contribution in [0.15, 0.2) is 54.6 Å². The van der Waals surface area contributed by atoms with Crippen LogP contribution in [0.3, 0.4) is 0 Å². The lowest BCUT2D eigenvalue weighted by Gasteiger charge is -2.34. The summed E-state index contributed by atoms with van der Waals surface area (Å²) in [5.74, 6) is -0.0758. The standard InChI is InChI=1S/C19H18FNO3/c1-12(2)11-21-16-7-6-15(22)10-17(16)24-18(19(21)23)9-13-4-3-5-14(20)8-13/h3-8,10,18,22H,1,9,11H2,2H3. The second-order valence-electron chi connectivity index (χ2n) is 5.97. The Morgan fingerprint density at radius 2 is 2.12 bits per heavy atom. The number of phenols is 1. The summed E-state index contributed by atoms with van der Waals surface area (Å²) in [7, 11) is 0. The number of aromatic hydroxyl groups is 1. The molecule has 3 rings (SSSR count). The summed E-state index contributed by atoms with van der Waals surface area (Å²) in [6, 6.07) is 10.7. The van der Waals surface area contributed by atoms with Gasteiger partial charge in [0.05, 0.1) is 5.69 Å². The first-order valence-electron chi connectivity index (χ1n) is 7.64. The summed E-state index contributed by atoms with van der Waals surface area (Å²) >= 11 is 0. The first-order valence-corrected chi connectivity index (χ1v) is 7.64. The molecular formula is C19H18FNO3. The molecule has 1 amide bonds. The van der Waals surface area contributed by atoms with E-state index in [9.17, 15) is 14.3 Å². The summed E-state index contributed by atoms with van der Waals surface area (Å²) in [6.45, 7) is 6.06. The van der Waals surface area contributed by atoms with Crippen molar-refractivity contribution in [1.82, 2.24) is 0 Å². The maximum absolute atomic E-state index is 13.4. The largest absolute Gasteiger partial charge is 0.508 e. The highest BCUT2D eigenvalue weighted by Crippen LogP contribution is 2.37. The number of fused-ring (bicyclic) bond motifs is 1. The monoisotopic (exact) mass is 327 g/mol. The van der Waals surface area contributed by atoms with Crippen molar-refractivity contribution in [2.75, 3.05) is 11.4 Å². The van der Waals surface area contributed by atoms with Crippen molar-refractivity contribution in [3.05, 3.63) is 66.0 Å². The zero-order valence-corrected chi connectivity index (χ0v) is 13.3. The molecule has 0 spiro atoms. The Morgan fingerprint density at radius 3 is 2.83 bits per heavy atom. The molecule has 5 heteroatoms. The first kappa shape index (κ1) is 16.1. The normalized spacial score (nSPS) is 16.5. The number of carbonyl (C=O) groups is 1. The maximum Gasteiger partial charge on any atom is 0.268 e. The number of amides is 1. The fraction of sp³-hybridized carbons (Fsp3) is 0.211. The minimum absolute atomic E-state index is 0.0582. The van der Waals surface area contributed by atoms with E-state index >= 15 is 0 Å². The van der Waals surface area contributed by atoms with Gasteiger partial charge < -0.3 is 14.7 Å². The molecular weight excluding hydrogens is 309 g/mol. The van der Waals surface area contributed by atoms with Crippen molar-refractivity contribution >= 4 is 11.6 Å². The van der Waals surface area contributed by atoms with E-state index in [-0.39, 0.29) is 23.9 Å². The summed E-state index contributed by atoms with van der Waals surface area (Å²) < 4.78 is 19.2. The molecule has 24 heavy (non-hydrogen) atoms. The number of hydrogen-bond donors (Lipinski definition) is 1. The van der Waals surface area contributed by atoms with Crippen LogP contribution in [0.25, 0.3) is 0 Å². The molecule has 1 heterocycles. The van der Waals surface area contributed by atoms with Crippen LogP contribution in [-0.2, 0) is 11.2 Å². The molecule has 0 fully saturated rings. The molecule has 1 aliphatic rings. The molecule has 0 radical (unpaired) electrons. The third kappa shape index (κ3) is 3.25. The minimum atomic E-state index is -0.777.